The summed E-state index contributed by atoms with van der Waals surface area (Å²) in [6, 6.07) is 2.42. The maximum Gasteiger partial charge on any atom is 0.320 e. The summed E-state index contributed by atoms with van der Waals surface area (Å²) in [4.78, 5) is 30.9. The van der Waals surface area contributed by atoms with Crippen molar-refractivity contribution in [3.63, 3.8) is 0 Å². The first-order valence-electron chi connectivity index (χ1n) is 5.66. The third-order valence-electron chi connectivity index (χ3n) is 2.25. The van der Waals surface area contributed by atoms with Crippen molar-refractivity contribution in [2.45, 2.75) is 12.5 Å². The SMILES string of the molecule is NC(=O)c1cccnc1.NC(Cc1c[nH]cn1)C(=O)O. The van der Waals surface area contributed by atoms with Crippen LogP contribution in [0.4, 0.5) is 0 Å². The van der Waals surface area contributed by atoms with Gasteiger partial charge < -0.3 is 21.6 Å². The predicted molar refractivity (Wildman–Crippen MR) is 70.7 cm³/mol. The molecule has 106 valence electrons. The Morgan fingerprint density at radius 1 is 1.45 bits per heavy atom. The number of H-pyrrole nitrogens is 1. The van der Waals surface area contributed by atoms with Crippen LogP contribution in [0, 0.1) is 0 Å². The van der Waals surface area contributed by atoms with Gasteiger partial charge in [-0.1, -0.05) is 0 Å². The molecule has 2 aromatic rings. The molecule has 0 aliphatic rings. The van der Waals surface area contributed by atoms with Gasteiger partial charge in [0.25, 0.3) is 0 Å². The molecule has 0 saturated carbocycles. The number of aromatic nitrogens is 3. The van der Waals surface area contributed by atoms with Crippen LogP contribution in [0.3, 0.4) is 0 Å². The highest BCUT2D eigenvalue weighted by Gasteiger charge is 2.12. The number of primary amides is 1. The van der Waals surface area contributed by atoms with Gasteiger partial charge in [-0.2, -0.15) is 0 Å². The monoisotopic (exact) mass is 277 g/mol. The van der Waals surface area contributed by atoms with Crippen molar-refractivity contribution >= 4 is 11.9 Å². The molecule has 2 aromatic heterocycles. The summed E-state index contributed by atoms with van der Waals surface area (Å²) in [6.45, 7) is 0. The standard InChI is InChI=1S/C6H9N3O2.C6H6N2O/c7-5(6(10)11)1-4-2-8-3-9-4;7-6(9)5-2-1-3-8-4-5/h2-3,5H,1,7H2,(H,8,9)(H,10,11);1-4H,(H2,7,9). The van der Waals surface area contributed by atoms with Crippen molar-refractivity contribution in [1.29, 1.82) is 0 Å². The van der Waals surface area contributed by atoms with Gasteiger partial charge in [-0.15, -0.1) is 0 Å². The average Bonchev–Trinajstić information content (AvgIpc) is 2.93. The van der Waals surface area contributed by atoms with Crippen LogP contribution in [-0.4, -0.2) is 38.0 Å². The van der Waals surface area contributed by atoms with E-state index in [0.717, 1.165) is 0 Å². The van der Waals surface area contributed by atoms with Crippen molar-refractivity contribution in [1.82, 2.24) is 15.0 Å². The minimum absolute atomic E-state index is 0.263. The van der Waals surface area contributed by atoms with Gasteiger partial charge in [-0.25, -0.2) is 4.98 Å². The fourth-order valence-corrected chi connectivity index (χ4v) is 1.22. The minimum atomic E-state index is -1.01. The molecule has 1 unspecified atom stereocenters. The first-order valence-corrected chi connectivity index (χ1v) is 5.66. The van der Waals surface area contributed by atoms with Crippen LogP contribution in [0.1, 0.15) is 16.1 Å². The van der Waals surface area contributed by atoms with E-state index in [1.54, 1.807) is 24.5 Å². The molecule has 0 aromatic carbocycles. The Morgan fingerprint density at radius 3 is 2.60 bits per heavy atom. The van der Waals surface area contributed by atoms with Crippen molar-refractivity contribution in [2.24, 2.45) is 11.5 Å². The highest BCUT2D eigenvalue weighted by atomic mass is 16.4. The Hall–Kier alpha value is -2.74. The van der Waals surface area contributed by atoms with E-state index in [4.69, 9.17) is 16.6 Å². The number of carbonyl (C=O) groups is 2. The molecule has 0 aliphatic carbocycles. The maximum atomic E-state index is 10.4. The highest BCUT2D eigenvalue weighted by Crippen LogP contribution is 1.95. The lowest BCUT2D eigenvalue weighted by atomic mass is 10.2. The summed E-state index contributed by atoms with van der Waals surface area (Å²) in [6.07, 6.45) is 6.40. The molecule has 0 bridgehead atoms. The lowest BCUT2D eigenvalue weighted by Gasteiger charge is -2.01. The number of nitrogens with zero attached hydrogens (tertiary/aromatic N) is 2. The largest absolute Gasteiger partial charge is 0.480 e. The second-order valence-corrected chi connectivity index (χ2v) is 3.82. The first-order chi connectivity index (χ1) is 9.50. The Labute approximate surface area is 114 Å². The van der Waals surface area contributed by atoms with Crippen LogP contribution in [0.15, 0.2) is 37.1 Å². The van der Waals surface area contributed by atoms with Gasteiger partial charge in [0, 0.05) is 25.0 Å². The number of imidazole rings is 1. The molecular formula is C12H15N5O3. The number of hydrogen-bond donors (Lipinski definition) is 4. The lowest BCUT2D eigenvalue weighted by Crippen LogP contribution is -2.32. The normalized spacial score (nSPS) is 11.1. The number of amides is 1. The quantitative estimate of drug-likeness (QED) is 0.594. The molecule has 0 fully saturated rings. The van der Waals surface area contributed by atoms with Gasteiger partial charge in [0.1, 0.15) is 6.04 Å². The number of nitrogens with two attached hydrogens (primary N) is 2. The van der Waals surface area contributed by atoms with Gasteiger partial charge >= 0.3 is 5.97 Å². The Balaban J connectivity index is 0.000000204. The molecule has 6 N–H and O–H groups in total. The zero-order valence-electron chi connectivity index (χ0n) is 10.6. The van der Waals surface area contributed by atoms with Crippen LogP contribution in [-0.2, 0) is 11.2 Å². The zero-order chi connectivity index (χ0) is 15.0. The molecular weight excluding hydrogens is 262 g/mol. The van der Waals surface area contributed by atoms with Crippen LogP contribution in [0.2, 0.25) is 0 Å². The van der Waals surface area contributed by atoms with Crippen LogP contribution in [0.5, 0.6) is 0 Å². The van der Waals surface area contributed by atoms with Crippen molar-refractivity contribution in [2.75, 3.05) is 0 Å². The maximum absolute atomic E-state index is 10.4. The number of aliphatic carboxylic acids is 1. The molecule has 2 heterocycles. The number of rotatable bonds is 4. The predicted octanol–water partition coefficient (Wildman–Crippen LogP) is -0.455. The number of nitrogens with one attached hydrogen (secondary N) is 1. The van der Waals surface area contributed by atoms with E-state index in [0.29, 0.717) is 11.3 Å². The van der Waals surface area contributed by atoms with E-state index in [1.807, 2.05) is 0 Å². The highest BCUT2D eigenvalue weighted by molar-refractivity contribution is 5.92. The molecule has 0 saturated heterocycles. The second kappa shape index (κ2) is 7.64. The molecule has 20 heavy (non-hydrogen) atoms. The fraction of sp³-hybridized carbons (Fsp3) is 0.167. The number of pyridine rings is 1. The van der Waals surface area contributed by atoms with Gasteiger partial charge in [0.2, 0.25) is 5.91 Å². The third-order valence-corrected chi connectivity index (χ3v) is 2.25. The van der Waals surface area contributed by atoms with E-state index < -0.39 is 17.9 Å². The van der Waals surface area contributed by atoms with Crippen LogP contribution >= 0.6 is 0 Å². The summed E-state index contributed by atoms with van der Waals surface area (Å²) >= 11 is 0. The first kappa shape index (κ1) is 15.3. The topological polar surface area (TPSA) is 148 Å². The molecule has 8 heteroatoms. The Bertz CT molecular complexity index is 541. The zero-order valence-corrected chi connectivity index (χ0v) is 10.6. The van der Waals surface area contributed by atoms with E-state index in [9.17, 15) is 9.59 Å². The average molecular weight is 277 g/mol. The lowest BCUT2D eigenvalue weighted by molar-refractivity contribution is -0.138. The van der Waals surface area contributed by atoms with Crippen molar-refractivity contribution in [3.05, 3.63) is 48.3 Å². The number of carboxylic acids is 1. The van der Waals surface area contributed by atoms with Crippen molar-refractivity contribution < 1.29 is 14.7 Å². The smallest absolute Gasteiger partial charge is 0.320 e. The molecule has 0 radical (unpaired) electrons. The minimum Gasteiger partial charge on any atom is -0.480 e. The van der Waals surface area contributed by atoms with E-state index in [2.05, 4.69) is 15.0 Å². The number of carboxylic acid groups (broad SMARTS) is 1. The van der Waals surface area contributed by atoms with Gasteiger partial charge in [0.15, 0.2) is 0 Å². The summed E-state index contributed by atoms with van der Waals surface area (Å²) in [5.41, 5.74) is 11.3. The Kier molecular flexibility index (Phi) is 5.85. The van der Waals surface area contributed by atoms with Crippen LogP contribution < -0.4 is 11.5 Å². The van der Waals surface area contributed by atoms with Gasteiger partial charge in [-0.05, 0) is 12.1 Å². The summed E-state index contributed by atoms with van der Waals surface area (Å²) in [7, 11) is 0. The summed E-state index contributed by atoms with van der Waals surface area (Å²) in [5.74, 6) is -1.45. The Morgan fingerprint density at radius 2 is 2.20 bits per heavy atom. The molecule has 1 atom stereocenters. The van der Waals surface area contributed by atoms with Gasteiger partial charge in [0.05, 0.1) is 17.6 Å². The van der Waals surface area contributed by atoms with E-state index in [1.165, 1.54) is 12.5 Å². The molecule has 0 aliphatic heterocycles. The number of aromatic amines is 1. The number of hydrogen-bond acceptors (Lipinski definition) is 5. The molecule has 0 spiro atoms. The van der Waals surface area contributed by atoms with Gasteiger partial charge in [-0.3, -0.25) is 14.6 Å². The molecule has 2 rings (SSSR count). The number of carbonyl (C=O) groups excluding carboxylic acids is 1. The summed E-state index contributed by atoms with van der Waals surface area (Å²) < 4.78 is 0. The van der Waals surface area contributed by atoms with Crippen molar-refractivity contribution in [3.8, 4) is 0 Å². The second-order valence-electron chi connectivity index (χ2n) is 3.82. The molecule has 1 amide bonds. The third kappa shape index (κ3) is 5.27. The van der Waals surface area contributed by atoms with E-state index >= 15 is 0 Å². The van der Waals surface area contributed by atoms with E-state index in [-0.39, 0.29) is 6.42 Å². The summed E-state index contributed by atoms with van der Waals surface area (Å²) in [5, 5.41) is 8.42. The van der Waals surface area contributed by atoms with Crippen LogP contribution in [0.25, 0.3) is 0 Å². The molecule has 8 nitrogen and oxygen atoms in total. The fourth-order valence-electron chi connectivity index (χ4n) is 1.22.